The van der Waals surface area contributed by atoms with Crippen molar-refractivity contribution in [2.24, 2.45) is 11.8 Å². The summed E-state index contributed by atoms with van der Waals surface area (Å²) in [6.45, 7) is 3.86. The smallest absolute Gasteiger partial charge is 0.328 e. The first kappa shape index (κ1) is 19.2. The van der Waals surface area contributed by atoms with Gasteiger partial charge in [-0.3, -0.25) is 4.79 Å². The van der Waals surface area contributed by atoms with Crippen LogP contribution in [-0.4, -0.2) is 37.0 Å². The highest BCUT2D eigenvalue weighted by Gasteiger charge is 2.57. The van der Waals surface area contributed by atoms with Crippen LogP contribution in [0.4, 0.5) is 0 Å². The van der Waals surface area contributed by atoms with E-state index in [2.05, 4.69) is 24.3 Å². The maximum atomic E-state index is 13.4. The number of nitrogens with zero attached hydrogens (tertiary/aromatic N) is 1. The average Bonchev–Trinajstić information content (AvgIpc) is 3.44. The van der Waals surface area contributed by atoms with E-state index in [4.69, 9.17) is 4.74 Å². The third-order valence-electron chi connectivity index (χ3n) is 5.51. The lowest BCUT2D eigenvalue weighted by molar-refractivity contribution is -0.154. The fourth-order valence-electron chi connectivity index (χ4n) is 4.17. The molecule has 1 saturated carbocycles. The summed E-state index contributed by atoms with van der Waals surface area (Å²) in [7, 11) is 3.08. The van der Waals surface area contributed by atoms with Gasteiger partial charge in [0.05, 0.1) is 13.0 Å². The summed E-state index contributed by atoms with van der Waals surface area (Å²) in [5.41, 5.74) is 2.33. The number of benzene rings is 2. The second kappa shape index (κ2) is 7.95. The first-order valence-corrected chi connectivity index (χ1v) is 9.41. The topological polar surface area (TPSA) is 46.6 Å². The Bertz CT molecular complexity index is 742. The number of hydrogen-bond acceptors (Lipinski definition) is 3. The number of carbonyl (C=O) groups excluding carboxylic acids is 2. The van der Waals surface area contributed by atoms with Crippen LogP contribution in [0.15, 0.2) is 60.7 Å². The van der Waals surface area contributed by atoms with Crippen molar-refractivity contribution in [2.45, 2.75) is 31.7 Å². The lowest BCUT2D eigenvalue weighted by Gasteiger charge is -2.29. The third kappa shape index (κ3) is 3.75. The van der Waals surface area contributed by atoms with E-state index in [1.165, 1.54) is 7.11 Å². The molecule has 0 heterocycles. The lowest BCUT2D eigenvalue weighted by Crippen LogP contribution is -2.47. The molecule has 0 unspecified atom stereocenters. The van der Waals surface area contributed by atoms with Crippen molar-refractivity contribution in [2.75, 3.05) is 14.2 Å². The molecule has 0 bridgehead atoms. The Labute approximate surface area is 161 Å². The first-order chi connectivity index (χ1) is 13.0. The van der Waals surface area contributed by atoms with Crippen molar-refractivity contribution < 1.29 is 14.3 Å². The SMILES string of the molecule is COC(=O)[C@H](C(C)C)N(C)C(=O)C1[C@H](c2ccccc2)[C@H]1c1ccccc1. The van der Waals surface area contributed by atoms with Crippen LogP contribution in [0, 0.1) is 11.8 Å². The minimum Gasteiger partial charge on any atom is -0.467 e. The standard InChI is InChI=1S/C23H27NO3/c1-15(2)21(23(26)27-4)24(3)22(25)20-18(16-11-7-5-8-12-16)19(20)17-13-9-6-10-14-17/h5-15,18-21H,1-4H3/t18-,19-,21+/m1/s1. The van der Waals surface area contributed by atoms with Crippen LogP contribution >= 0.6 is 0 Å². The highest BCUT2D eigenvalue weighted by atomic mass is 16.5. The Morgan fingerprint density at radius 2 is 1.33 bits per heavy atom. The molecule has 3 rings (SSSR count). The number of amides is 1. The highest BCUT2D eigenvalue weighted by molar-refractivity contribution is 5.89. The summed E-state index contributed by atoms with van der Waals surface area (Å²) in [6, 6.07) is 19.7. The fraction of sp³-hybridized carbons (Fsp3) is 0.391. The second-order valence-electron chi connectivity index (χ2n) is 7.56. The van der Waals surface area contributed by atoms with Gasteiger partial charge in [0.15, 0.2) is 0 Å². The number of likely N-dealkylation sites (N-methyl/N-ethyl adjacent to an activating group) is 1. The molecule has 0 spiro atoms. The second-order valence-corrected chi connectivity index (χ2v) is 7.56. The minimum absolute atomic E-state index is 0.00167. The van der Waals surface area contributed by atoms with Crippen LogP contribution in [0.1, 0.15) is 36.8 Å². The van der Waals surface area contributed by atoms with E-state index in [0.29, 0.717) is 0 Å². The van der Waals surface area contributed by atoms with E-state index in [9.17, 15) is 9.59 Å². The number of rotatable bonds is 6. The predicted molar refractivity (Wildman–Crippen MR) is 105 cm³/mol. The van der Waals surface area contributed by atoms with Gasteiger partial charge < -0.3 is 9.64 Å². The van der Waals surface area contributed by atoms with Gasteiger partial charge >= 0.3 is 5.97 Å². The highest BCUT2D eigenvalue weighted by Crippen LogP contribution is 2.61. The van der Waals surface area contributed by atoms with Gasteiger partial charge in [0.25, 0.3) is 0 Å². The van der Waals surface area contributed by atoms with Gasteiger partial charge in [-0.25, -0.2) is 4.79 Å². The largest absolute Gasteiger partial charge is 0.467 e. The van der Waals surface area contributed by atoms with Crippen molar-refractivity contribution >= 4 is 11.9 Å². The Balaban J connectivity index is 1.90. The maximum Gasteiger partial charge on any atom is 0.328 e. The van der Waals surface area contributed by atoms with Crippen LogP contribution in [-0.2, 0) is 14.3 Å². The molecular weight excluding hydrogens is 338 g/mol. The molecule has 27 heavy (non-hydrogen) atoms. The summed E-state index contributed by atoms with van der Waals surface area (Å²) < 4.78 is 4.94. The number of methoxy groups -OCH3 is 1. The Morgan fingerprint density at radius 3 is 1.70 bits per heavy atom. The van der Waals surface area contributed by atoms with Crippen molar-refractivity contribution in [3.8, 4) is 0 Å². The molecule has 0 saturated heterocycles. The van der Waals surface area contributed by atoms with Gasteiger partial charge in [-0.1, -0.05) is 74.5 Å². The van der Waals surface area contributed by atoms with E-state index in [1.54, 1.807) is 11.9 Å². The molecule has 3 atom stereocenters. The summed E-state index contributed by atoms with van der Waals surface area (Å²) in [6.07, 6.45) is 0. The molecule has 4 nitrogen and oxygen atoms in total. The number of hydrogen-bond donors (Lipinski definition) is 0. The van der Waals surface area contributed by atoms with E-state index >= 15 is 0 Å². The van der Waals surface area contributed by atoms with Gasteiger partial charge in [0, 0.05) is 18.9 Å². The zero-order valence-corrected chi connectivity index (χ0v) is 16.3. The van der Waals surface area contributed by atoms with Crippen molar-refractivity contribution in [1.29, 1.82) is 0 Å². The van der Waals surface area contributed by atoms with Crippen LogP contribution in [0.5, 0.6) is 0 Å². The molecular formula is C23H27NO3. The van der Waals surface area contributed by atoms with Crippen LogP contribution in [0.2, 0.25) is 0 Å². The summed E-state index contributed by atoms with van der Waals surface area (Å²) >= 11 is 0. The van der Waals surface area contributed by atoms with Gasteiger partial charge in [-0.15, -0.1) is 0 Å². The minimum atomic E-state index is -0.573. The molecule has 2 aromatic carbocycles. The third-order valence-corrected chi connectivity index (χ3v) is 5.51. The van der Waals surface area contributed by atoms with Crippen molar-refractivity contribution in [3.05, 3.63) is 71.8 Å². The van der Waals surface area contributed by atoms with Crippen molar-refractivity contribution in [1.82, 2.24) is 4.90 Å². The normalized spacial score (nSPS) is 22.2. The molecule has 0 radical (unpaired) electrons. The van der Waals surface area contributed by atoms with Crippen LogP contribution < -0.4 is 0 Å². The molecule has 0 N–H and O–H groups in total. The zero-order valence-electron chi connectivity index (χ0n) is 16.3. The number of esters is 1. The fourth-order valence-corrected chi connectivity index (χ4v) is 4.17. The van der Waals surface area contributed by atoms with Crippen LogP contribution in [0.25, 0.3) is 0 Å². The molecule has 4 heteroatoms. The quantitative estimate of drug-likeness (QED) is 0.731. The number of ether oxygens (including phenoxy) is 1. The molecule has 1 amide bonds. The monoisotopic (exact) mass is 365 g/mol. The zero-order chi connectivity index (χ0) is 19.6. The molecule has 1 aliphatic rings. The Kier molecular flexibility index (Phi) is 5.64. The Hall–Kier alpha value is -2.62. The van der Waals surface area contributed by atoms with Gasteiger partial charge in [-0.05, 0) is 17.0 Å². The molecule has 1 aliphatic carbocycles. The molecule has 0 aromatic heterocycles. The molecule has 0 aliphatic heterocycles. The van der Waals surface area contributed by atoms with E-state index < -0.39 is 6.04 Å². The van der Waals surface area contributed by atoms with Gasteiger partial charge in [0.1, 0.15) is 6.04 Å². The van der Waals surface area contributed by atoms with E-state index in [1.807, 2.05) is 50.2 Å². The molecule has 1 fully saturated rings. The average molecular weight is 365 g/mol. The summed E-state index contributed by atoms with van der Waals surface area (Å²) in [5.74, 6) is -0.278. The van der Waals surface area contributed by atoms with E-state index in [-0.39, 0.29) is 35.5 Å². The molecule has 2 aromatic rings. The maximum absolute atomic E-state index is 13.4. The van der Waals surface area contributed by atoms with Gasteiger partial charge in [-0.2, -0.15) is 0 Å². The summed E-state index contributed by atoms with van der Waals surface area (Å²) in [4.78, 5) is 27.2. The predicted octanol–water partition coefficient (Wildman–Crippen LogP) is 3.84. The molecule has 142 valence electrons. The van der Waals surface area contributed by atoms with Gasteiger partial charge in [0.2, 0.25) is 5.91 Å². The summed E-state index contributed by atoms with van der Waals surface area (Å²) in [5, 5.41) is 0. The lowest BCUT2D eigenvalue weighted by atomic mass is 10.0. The van der Waals surface area contributed by atoms with Crippen LogP contribution in [0.3, 0.4) is 0 Å². The number of carbonyl (C=O) groups is 2. The van der Waals surface area contributed by atoms with Crippen molar-refractivity contribution in [3.63, 3.8) is 0 Å². The van der Waals surface area contributed by atoms with E-state index in [0.717, 1.165) is 11.1 Å². The Morgan fingerprint density at radius 1 is 0.889 bits per heavy atom. The first-order valence-electron chi connectivity index (χ1n) is 9.41.